The van der Waals surface area contributed by atoms with Gasteiger partial charge in [-0.15, -0.1) is 12.4 Å². The summed E-state index contributed by atoms with van der Waals surface area (Å²) in [7, 11) is 0. The van der Waals surface area contributed by atoms with Crippen molar-refractivity contribution in [1.29, 1.82) is 0 Å². The first-order valence-corrected chi connectivity index (χ1v) is 4.32. The number of rotatable bonds is 2. The molecule has 0 fully saturated rings. The molecule has 1 atom stereocenters. The maximum absolute atomic E-state index is 5.88. The molecule has 74 valence electrons. The fourth-order valence-electron chi connectivity index (χ4n) is 0.983. The second kappa shape index (κ2) is 5.68. The first kappa shape index (κ1) is 13.0. The third-order valence-electron chi connectivity index (χ3n) is 1.62. The van der Waals surface area contributed by atoms with Gasteiger partial charge in [0.2, 0.25) is 0 Å². The predicted octanol–water partition coefficient (Wildman–Crippen LogP) is 2.37. The van der Waals surface area contributed by atoms with Gasteiger partial charge < -0.3 is 11.5 Å². The number of nitrogens with two attached hydrogens (primary N) is 2. The standard InChI is InChI=1S/C8H10Cl2N2.ClH/c9-5-2-1-3-6(10)8(5)7(12)4-11;/h1-3,7H,4,11-12H2;1H/t7-;/m0./s1. The highest BCUT2D eigenvalue weighted by Gasteiger charge is 2.11. The highest BCUT2D eigenvalue weighted by Crippen LogP contribution is 2.28. The molecule has 5 heteroatoms. The van der Waals surface area contributed by atoms with Crippen LogP contribution in [0.15, 0.2) is 18.2 Å². The van der Waals surface area contributed by atoms with Crippen LogP contribution in [0.5, 0.6) is 0 Å². The van der Waals surface area contributed by atoms with E-state index in [1.54, 1.807) is 18.2 Å². The first-order valence-electron chi connectivity index (χ1n) is 3.56. The van der Waals surface area contributed by atoms with E-state index in [0.29, 0.717) is 16.6 Å². The van der Waals surface area contributed by atoms with Gasteiger partial charge in [-0.3, -0.25) is 0 Å². The van der Waals surface area contributed by atoms with Gasteiger partial charge in [0, 0.05) is 28.2 Å². The smallest absolute Gasteiger partial charge is 0.0469 e. The molecule has 13 heavy (non-hydrogen) atoms. The lowest BCUT2D eigenvalue weighted by molar-refractivity contribution is 0.737. The van der Waals surface area contributed by atoms with Crippen molar-refractivity contribution >= 4 is 35.6 Å². The summed E-state index contributed by atoms with van der Waals surface area (Å²) in [5.41, 5.74) is 11.8. The van der Waals surface area contributed by atoms with Crippen molar-refractivity contribution in [1.82, 2.24) is 0 Å². The van der Waals surface area contributed by atoms with Crippen LogP contribution in [0.2, 0.25) is 10.0 Å². The average Bonchev–Trinajstić information content (AvgIpc) is 2.03. The molecular weight excluding hydrogens is 230 g/mol. The van der Waals surface area contributed by atoms with Crippen LogP contribution in [0.1, 0.15) is 11.6 Å². The molecule has 1 aromatic carbocycles. The zero-order valence-corrected chi connectivity index (χ0v) is 9.16. The van der Waals surface area contributed by atoms with Gasteiger partial charge >= 0.3 is 0 Å². The second-order valence-electron chi connectivity index (χ2n) is 2.48. The lowest BCUT2D eigenvalue weighted by Crippen LogP contribution is -2.21. The van der Waals surface area contributed by atoms with E-state index in [4.69, 9.17) is 34.7 Å². The molecule has 4 N–H and O–H groups in total. The lowest BCUT2D eigenvalue weighted by atomic mass is 10.1. The van der Waals surface area contributed by atoms with Crippen molar-refractivity contribution in [2.75, 3.05) is 6.54 Å². The zero-order chi connectivity index (χ0) is 9.14. The largest absolute Gasteiger partial charge is 0.329 e. The van der Waals surface area contributed by atoms with Gasteiger partial charge in [-0.25, -0.2) is 0 Å². The minimum atomic E-state index is -0.286. The Balaban J connectivity index is 0.00000144. The van der Waals surface area contributed by atoms with Crippen LogP contribution in [-0.4, -0.2) is 6.54 Å². The van der Waals surface area contributed by atoms with Crippen LogP contribution in [0, 0.1) is 0 Å². The quantitative estimate of drug-likeness (QED) is 0.835. The van der Waals surface area contributed by atoms with Gasteiger partial charge in [0.15, 0.2) is 0 Å². The fraction of sp³-hybridized carbons (Fsp3) is 0.250. The van der Waals surface area contributed by atoms with Crippen LogP contribution in [0.4, 0.5) is 0 Å². The molecule has 0 aliphatic carbocycles. The van der Waals surface area contributed by atoms with Crippen molar-refractivity contribution in [2.45, 2.75) is 6.04 Å². The van der Waals surface area contributed by atoms with E-state index >= 15 is 0 Å². The number of hydrogen-bond acceptors (Lipinski definition) is 2. The first-order chi connectivity index (χ1) is 5.66. The Labute approximate surface area is 93.6 Å². The Bertz CT molecular complexity index is 258. The lowest BCUT2D eigenvalue weighted by Gasteiger charge is -2.12. The van der Waals surface area contributed by atoms with Crippen LogP contribution >= 0.6 is 35.6 Å². The molecule has 0 saturated heterocycles. The Kier molecular flexibility index (Phi) is 5.68. The van der Waals surface area contributed by atoms with E-state index in [1.807, 2.05) is 0 Å². The van der Waals surface area contributed by atoms with Crippen molar-refractivity contribution in [3.05, 3.63) is 33.8 Å². The van der Waals surface area contributed by atoms with Crippen molar-refractivity contribution in [2.24, 2.45) is 11.5 Å². The second-order valence-corrected chi connectivity index (χ2v) is 3.29. The third-order valence-corrected chi connectivity index (χ3v) is 2.28. The molecule has 1 rings (SSSR count). The number of halogens is 3. The van der Waals surface area contributed by atoms with Crippen molar-refractivity contribution in [3.63, 3.8) is 0 Å². The molecule has 0 saturated carbocycles. The summed E-state index contributed by atoms with van der Waals surface area (Å²) in [5.74, 6) is 0. The molecule has 0 spiro atoms. The molecule has 0 bridgehead atoms. The third kappa shape index (κ3) is 3.01. The Morgan fingerprint density at radius 2 is 1.69 bits per heavy atom. The van der Waals surface area contributed by atoms with Gasteiger partial charge in [-0.2, -0.15) is 0 Å². The summed E-state index contributed by atoms with van der Waals surface area (Å²) >= 11 is 11.8. The summed E-state index contributed by atoms with van der Waals surface area (Å²) in [5, 5.41) is 1.14. The summed E-state index contributed by atoms with van der Waals surface area (Å²) in [6.45, 7) is 0.337. The SMILES string of the molecule is Cl.NC[C@H](N)c1c(Cl)cccc1Cl. The molecule has 2 nitrogen and oxygen atoms in total. The van der Waals surface area contributed by atoms with Gasteiger partial charge in [0.05, 0.1) is 0 Å². The average molecular weight is 242 g/mol. The molecule has 1 aromatic rings. The Morgan fingerprint density at radius 1 is 1.23 bits per heavy atom. The monoisotopic (exact) mass is 240 g/mol. The molecule has 0 heterocycles. The number of hydrogen-bond donors (Lipinski definition) is 2. The summed E-state index contributed by atoms with van der Waals surface area (Å²) in [6.07, 6.45) is 0. The summed E-state index contributed by atoms with van der Waals surface area (Å²) in [4.78, 5) is 0. The van der Waals surface area contributed by atoms with E-state index in [9.17, 15) is 0 Å². The van der Waals surface area contributed by atoms with Gasteiger partial charge in [-0.1, -0.05) is 29.3 Å². The highest BCUT2D eigenvalue weighted by molar-refractivity contribution is 6.36. The van der Waals surface area contributed by atoms with Crippen molar-refractivity contribution in [3.8, 4) is 0 Å². The Hall–Kier alpha value is 0.01000. The maximum atomic E-state index is 5.88. The molecule has 0 aliphatic heterocycles. The zero-order valence-electron chi connectivity index (χ0n) is 6.84. The van der Waals surface area contributed by atoms with E-state index < -0.39 is 0 Å². The maximum Gasteiger partial charge on any atom is 0.0469 e. The normalized spacial score (nSPS) is 12.0. The van der Waals surface area contributed by atoms with Crippen molar-refractivity contribution < 1.29 is 0 Å². The molecule has 0 unspecified atom stereocenters. The predicted molar refractivity (Wildman–Crippen MR) is 59.7 cm³/mol. The van der Waals surface area contributed by atoms with Crippen LogP contribution in [0.25, 0.3) is 0 Å². The van der Waals surface area contributed by atoms with E-state index in [1.165, 1.54) is 0 Å². The number of benzene rings is 1. The molecule has 0 aliphatic rings. The van der Waals surface area contributed by atoms with Crippen LogP contribution < -0.4 is 11.5 Å². The molecule has 0 radical (unpaired) electrons. The van der Waals surface area contributed by atoms with E-state index in [2.05, 4.69) is 0 Å². The highest BCUT2D eigenvalue weighted by atomic mass is 35.5. The minimum absolute atomic E-state index is 0. The van der Waals surface area contributed by atoms with E-state index in [0.717, 1.165) is 5.56 Å². The Morgan fingerprint density at radius 3 is 2.08 bits per heavy atom. The molecule has 0 amide bonds. The fourth-order valence-corrected chi connectivity index (χ4v) is 1.66. The molecule has 0 aromatic heterocycles. The van der Waals surface area contributed by atoms with Gasteiger partial charge in [-0.05, 0) is 12.1 Å². The van der Waals surface area contributed by atoms with E-state index in [-0.39, 0.29) is 18.4 Å². The molecular formula is C8H11Cl3N2. The van der Waals surface area contributed by atoms with Gasteiger partial charge in [0.25, 0.3) is 0 Å². The minimum Gasteiger partial charge on any atom is -0.329 e. The van der Waals surface area contributed by atoms with Crippen LogP contribution in [-0.2, 0) is 0 Å². The topological polar surface area (TPSA) is 52.0 Å². The van der Waals surface area contributed by atoms with Gasteiger partial charge in [0.1, 0.15) is 0 Å². The summed E-state index contributed by atoms with van der Waals surface area (Å²) in [6, 6.07) is 4.99. The van der Waals surface area contributed by atoms with Crippen LogP contribution in [0.3, 0.4) is 0 Å². The summed E-state index contributed by atoms with van der Waals surface area (Å²) < 4.78 is 0.